The Morgan fingerprint density at radius 2 is 2.00 bits per heavy atom. The molecule has 0 saturated carbocycles. The molecule has 0 heterocycles. The summed E-state index contributed by atoms with van der Waals surface area (Å²) >= 11 is 9.34. The lowest BCUT2D eigenvalue weighted by Crippen LogP contribution is -2.17. The minimum Gasteiger partial charge on any atom is -0.383 e. The van der Waals surface area contributed by atoms with Crippen molar-refractivity contribution in [2.75, 3.05) is 5.32 Å². The summed E-state index contributed by atoms with van der Waals surface area (Å²) in [4.78, 5) is 0. The van der Waals surface area contributed by atoms with Gasteiger partial charge in [0.15, 0.2) is 0 Å². The fourth-order valence-corrected chi connectivity index (χ4v) is 2.13. The van der Waals surface area contributed by atoms with E-state index in [9.17, 15) is 0 Å². The van der Waals surface area contributed by atoms with Gasteiger partial charge in [0.05, 0.1) is 5.02 Å². The number of benzene rings is 1. The predicted molar refractivity (Wildman–Crippen MR) is 71.7 cm³/mol. The Hall–Kier alpha value is -0.210. The van der Waals surface area contributed by atoms with Crippen molar-refractivity contribution < 1.29 is 0 Å². The second kappa shape index (κ2) is 5.76. The van der Waals surface area contributed by atoms with Gasteiger partial charge in [-0.05, 0) is 53.4 Å². The van der Waals surface area contributed by atoms with Gasteiger partial charge >= 0.3 is 0 Å². The fraction of sp³-hybridized carbons (Fsp3) is 0.500. The number of nitrogens with one attached hydrogen (secondary N) is 1. The predicted octanol–water partition coefficient (Wildman–Crippen LogP) is 4.95. The van der Waals surface area contributed by atoms with Crippen LogP contribution in [0.3, 0.4) is 0 Å². The zero-order valence-corrected chi connectivity index (χ0v) is 11.7. The van der Waals surface area contributed by atoms with Crippen LogP contribution in [0.4, 0.5) is 5.69 Å². The largest absolute Gasteiger partial charge is 0.383 e. The molecule has 0 bridgehead atoms. The number of anilines is 1. The molecular weight excluding hydrogens is 273 g/mol. The Morgan fingerprint density at radius 1 is 1.33 bits per heavy atom. The van der Waals surface area contributed by atoms with Gasteiger partial charge in [0.2, 0.25) is 0 Å². The highest BCUT2D eigenvalue weighted by molar-refractivity contribution is 9.10. The van der Waals surface area contributed by atoms with Crippen molar-refractivity contribution in [2.24, 2.45) is 5.92 Å². The van der Waals surface area contributed by atoms with Gasteiger partial charge < -0.3 is 5.32 Å². The smallest absolute Gasteiger partial charge is 0.0549 e. The first-order valence-corrected chi connectivity index (χ1v) is 6.37. The Balaban J connectivity index is 2.60. The average molecular weight is 291 g/mol. The minimum absolute atomic E-state index is 0.484. The van der Waals surface area contributed by atoms with Crippen LogP contribution in [0, 0.1) is 5.92 Å². The second-order valence-electron chi connectivity index (χ2n) is 4.30. The topological polar surface area (TPSA) is 12.0 Å². The molecule has 1 unspecified atom stereocenters. The Bertz CT molecular complexity index is 325. The van der Waals surface area contributed by atoms with E-state index in [0.717, 1.165) is 15.2 Å². The highest BCUT2D eigenvalue weighted by Crippen LogP contribution is 2.26. The quantitative estimate of drug-likeness (QED) is 0.827. The van der Waals surface area contributed by atoms with Crippen molar-refractivity contribution in [3.63, 3.8) is 0 Å². The monoisotopic (exact) mass is 289 g/mol. The van der Waals surface area contributed by atoms with Crippen LogP contribution >= 0.6 is 27.5 Å². The maximum atomic E-state index is 5.93. The summed E-state index contributed by atoms with van der Waals surface area (Å²) in [6.07, 6.45) is 1.17. The van der Waals surface area contributed by atoms with Crippen molar-refractivity contribution in [3.05, 3.63) is 27.7 Å². The van der Waals surface area contributed by atoms with Gasteiger partial charge in [0, 0.05) is 16.2 Å². The Kier molecular flexibility index (Phi) is 4.94. The van der Waals surface area contributed by atoms with Crippen molar-refractivity contribution >= 4 is 33.2 Å². The van der Waals surface area contributed by atoms with E-state index in [4.69, 9.17) is 11.6 Å². The third-order valence-electron chi connectivity index (χ3n) is 2.16. The molecule has 1 aromatic carbocycles. The van der Waals surface area contributed by atoms with Crippen LogP contribution in [0.25, 0.3) is 0 Å². The van der Waals surface area contributed by atoms with Crippen LogP contribution in [0.5, 0.6) is 0 Å². The Morgan fingerprint density at radius 3 is 2.53 bits per heavy atom. The van der Waals surface area contributed by atoms with Crippen LogP contribution in [0.1, 0.15) is 27.2 Å². The molecule has 0 spiro atoms. The van der Waals surface area contributed by atoms with Crippen molar-refractivity contribution in [2.45, 2.75) is 33.2 Å². The van der Waals surface area contributed by atoms with E-state index in [-0.39, 0.29) is 0 Å². The third kappa shape index (κ3) is 4.43. The van der Waals surface area contributed by atoms with E-state index in [1.165, 1.54) is 6.42 Å². The molecule has 1 N–H and O–H groups in total. The van der Waals surface area contributed by atoms with E-state index < -0.39 is 0 Å². The summed E-state index contributed by atoms with van der Waals surface area (Å²) in [5.74, 6) is 0.711. The highest BCUT2D eigenvalue weighted by atomic mass is 79.9. The number of halogens is 2. The second-order valence-corrected chi connectivity index (χ2v) is 5.57. The van der Waals surface area contributed by atoms with Crippen molar-refractivity contribution in [1.82, 2.24) is 0 Å². The lowest BCUT2D eigenvalue weighted by atomic mass is 10.1. The molecule has 1 nitrogen and oxygen atoms in total. The van der Waals surface area contributed by atoms with E-state index in [1.54, 1.807) is 0 Å². The maximum Gasteiger partial charge on any atom is 0.0549 e. The van der Waals surface area contributed by atoms with Gasteiger partial charge in [-0.3, -0.25) is 0 Å². The molecule has 0 aliphatic heterocycles. The molecule has 0 aliphatic rings. The number of hydrogen-bond acceptors (Lipinski definition) is 1. The first-order valence-electron chi connectivity index (χ1n) is 5.20. The van der Waals surface area contributed by atoms with Gasteiger partial charge in [0.1, 0.15) is 0 Å². The molecule has 1 aromatic rings. The standard InChI is InChI=1S/C12H17BrClN/c1-8(2)6-9(3)15-10-4-5-12(14)11(13)7-10/h4-5,7-9,15H,6H2,1-3H3. The van der Waals surface area contributed by atoms with Gasteiger partial charge in [-0.15, -0.1) is 0 Å². The van der Waals surface area contributed by atoms with Gasteiger partial charge in [0.25, 0.3) is 0 Å². The molecular formula is C12H17BrClN. The summed E-state index contributed by atoms with van der Waals surface area (Å²) < 4.78 is 0.936. The zero-order chi connectivity index (χ0) is 11.4. The van der Waals surface area contributed by atoms with Crippen LogP contribution in [-0.4, -0.2) is 6.04 Å². The first kappa shape index (κ1) is 12.9. The van der Waals surface area contributed by atoms with Gasteiger partial charge in [-0.2, -0.15) is 0 Å². The van der Waals surface area contributed by atoms with E-state index in [1.807, 2.05) is 18.2 Å². The molecule has 84 valence electrons. The normalized spacial score (nSPS) is 12.9. The molecule has 1 atom stereocenters. The first-order chi connectivity index (χ1) is 6.99. The molecule has 0 saturated heterocycles. The molecule has 0 amide bonds. The summed E-state index contributed by atoms with van der Waals surface area (Å²) in [6, 6.07) is 6.40. The van der Waals surface area contributed by atoms with Crippen LogP contribution in [0.2, 0.25) is 5.02 Å². The zero-order valence-electron chi connectivity index (χ0n) is 9.35. The van der Waals surface area contributed by atoms with E-state index in [0.29, 0.717) is 12.0 Å². The lowest BCUT2D eigenvalue weighted by molar-refractivity contribution is 0.540. The maximum absolute atomic E-state index is 5.93. The summed E-state index contributed by atoms with van der Waals surface area (Å²) in [7, 11) is 0. The minimum atomic E-state index is 0.484. The molecule has 0 aliphatic carbocycles. The average Bonchev–Trinajstić information content (AvgIpc) is 2.10. The molecule has 0 aromatic heterocycles. The fourth-order valence-electron chi connectivity index (χ4n) is 1.64. The molecule has 3 heteroatoms. The lowest BCUT2D eigenvalue weighted by Gasteiger charge is -2.17. The van der Waals surface area contributed by atoms with Gasteiger partial charge in [-0.1, -0.05) is 25.4 Å². The third-order valence-corrected chi connectivity index (χ3v) is 3.37. The molecule has 0 radical (unpaired) electrons. The summed E-state index contributed by atoms with van der Waals surface area (Å²) in [6.45, 7) is 6.66. The van der Waals surface area contributed by atoms with Crippen molar-refractivity contribution in [1.29, 1.82) is 0 Å². The van der Waals surface area contributed by atoms with Crippen LogP contribution in [-0.2, 0) is 0 Å². The van der Waals surface area contributed by atoms with E-state index >= 15 is 0 Å². The van der Waals surface area contributed by atoms with E-state index in [2.05, 4.69) is 42.0 Å². The highest BCUT2D eigenvalue weighted by Gasteiger charge is 2.05. The SMILES string of the molecule is CC(C)CC(C)Nc1ccc(Cl)c(Br)c1. The van der Waals surface area contributed by atoms with Gasteiger partial charge in [-0.25, -0.2) is 0 Å². The summed E-state index contributed by atoms with van der Waals surface area (Å²) in [5, 5.41) is 4.20. The number of rotatable bonds is 4. The van der Waals surface area contributed by atoms with Crippen LogP contribution < -0.4 is 5.32 Å². The molecule has 15 heavy (non-hydrogen) atoms. The Labute approximate surface area is 105 Å². The summed E-state index contributed by atoms with van der Waals surface area (Å²) in [5.41, 5.74) is 1.11. The molecule has 0 fully saturated rings. The van der Waals surface area contributed by atoms with Crippen LogP contribution in [0.15, 0.2) is 22.7 Å². The number of hydrogen-bond donors (Lipinski definition) is 1. The van der Waals surface area contributed by atoms with Crippen molar-refractivity contribution in [3.8, 4) is 0 Å². The molecule has 1 rings (SSSR count).